The van der Waals surface area contributed by atoms with Gasteiger partial charge in [-0.2, -0.15) is 0 Å². The Morgan fingerprint density at radius 1 is 1.22 bits per heavy atom. The van der Waals surface area contributed by atoms with E-state index in [1.165, 1.54) is 0 Å². The molecule has 0 heterocycles. The van der Waals surface area contributed by atoms with Crippen LogP contribution in [0.15, 0.2) is 23.8 Å². The molecule has 0 radical (unpaired) electrons. The zero-order valence-corrected chi connectivity index (χ0v) is 14.5. The van der Waals surface area contributed by atoms with Crippen LogP contribution in [0.4, 0.5) is 0 Å². The maximum absolute atomic E-state index is 12.8. The summed E-state index contributed by atoms with van der Waals surface area (Å²) < 4.78 is 0. The topological polar surface area (TPSA) is 77.8 Å². The first-order valence-electron chi connectivity index (χ1n) is 8.54. The molecule has 130 valence electrons. The second kappa shape index (κ2) is 6.50. The van der Waals surface area contributed by atoms with Crippen molar-refractivity contribution in [2.24, 2.45) is 11.3 Å². The van der Waals surface area contributed by atoms with E-state index in [9.17, 15) is 20.1 Å². The van der Waals surface area contributed by atoms with Crippen molar-refractivity contribution in [2.75, 3.05) is 0 Å². The van der Waals surface area contributed by atoms with Crippen molar-refractivity contribution < 1.29 is 20.1 Å². The standard InChI is InChI=1S/C19H30O4/c1-12-5-6-14-7-8-16(21)19(23,18(14,3)4)17(22)11-13(2)10-15(20)9-12/h10,14-16,20-21,23H,1,5-9,11H2,2-4H3/t14-,15+,16-,19-/m1/s1. The first kappa shape index (κ1) is 18.4. The van der Waals surface area contributed by atoms with E-state index in [0.29, 0.717) is 12.8 Å². The summed E-state index contributed by atoms with van der Waals surface area (Å²) in [6, 6.07) is 0. The smallest absolute Gasteiger partial charge is 0.171 e. The molecule has 4 nitrogen and oxygen atoms in total. The van der Waals surface area contributed by atoms with Gasteiger partial charge in [0.15, 0.2) is 11.4 Å². The van der Waals surface area contributed by atoms with Gasteiger partial charge < -0.3 is 15.3 Å². The third-order valence-electron chi connectivity index (χ3n) is 5.96. The van der Waals surface area contributed by atoms with Crippen LogP contribution < -0.4 is 0 Å². The molecule has 2 rings (SSSR count). The van der Waals surface area contributed by atoms with Crippen LogP contribution in [0.5, 0.6) is 0 Å². The van der Waals surface area contributed by atoms with Crippen LogP contribution >= 0.6 is 0 Å². The minimum absolute atomic E-state index is 0.0489. The van der Waals surface area contributed by atoms with Gasteiger partial charge in [0.2, 0.25) is 0 Å². The summed E-state index contributed by atoms with van der Waals surface area (Å²) >= 11 is 0. The fourth-order valence-electron chi connectivity index (χ4n) is 4.33. The molecule has 0 aromatic carbocycles. The summed E-state index contributed by atoms with van der Waals surface area (Å²) in [5, 5.41) is 31.7. The van der Waals surface area contributed by atoms with E-state index in [4.69, 9.17) is 0 Å². The summed E-state index contributed by atoms with van der Waals surface area (Å²) in [5.41, 5.74) is -0.732. The second-order valence-corrected chi connectivity index (χ2v) is 7.95. The number of carbonyl (C=O) groups is 1. The number of fused-ring (bicyclic) bond motifs is 2. The molecule has 0 saturated heterocycles. The number of Topliss-reactive ketones (excluding diaryl/α,β-unsaturated/α-hetero) is 1. The van der Waals surface area contributed by atoms with Crippen molar-refractivity contribution in [2.45, 2.75) is 77.1 Å². The van der Waals surface area contributed by atoms with Crippen LogP contribution in [0.2, 0.25) is 0 Å². The molecule has 2 aliphatic carbocycles. The number of aliphatic hydroxyl groups excluding tert-OH is 2. The lowest BCUT2D eigenvalue weighted by atomic mass is 9.55. The molecule has 0 spiro atoms. The molecule has 0 aromatic heterocycles. The van der Waals surface area contributed by atoms with Crippen molar-refractivity contribution in [3.05, 3.63) is 23.8 Å². The monoisotopic (exact) mass is 322 g/mol. The summed E-state index contributed by atoms with van der Waals surface area (Å²) in [6.45, 7) is 9.61. The van der Waals surface area contributed by atoms with Crippen LogP contribution in [0, 0.1) is 11.3 Å². The van der Waals surface area contributed by atoms with Gasteiger partial charge >= 0.3 is 0 Å². The number of hydrogen-bond acceptors (Lipinski definition) is 4. The maximum Gasteiger partial charge on any atom is 0.171 e. The highest BCUT2D eigenvalue weighted by Crippen LogP contribution is 2.51. The Balaban J connectivity index is 2.44. The summed E-state index contributed by atoms with van der Waals surface area (Å²) in [7, 11) is 0. The third kappa shape index (κ3) is 3.30. The number of carbonyl (C=O) groups excluding carboxylic acids is 1. The highest BCUT2D eigenvalue weighted by molar-refractivity contribution is 5.90. The lowest BCUT2D eigenvalue weighted by Crippen LogP contribution is -2.64. The molecule has 0 aromatic rings. The average molecular weight is 322 g/mol. The Bertz CT molecular complexity index is 519. The summed E-state index contributed by atoms with van der Waals surface area (Å²) in [5.74, 6) is -0.211. The summed E-state index contributed by atoms with van der Waals surface area (Å²) in [6.07, 6.45) is 3.32. The van der Waals surface area contributed by atoms with E-state index in [2.05, 4.69) is 6.58 Å². The Morgan fingerprint density at radius 2 is 1.87 bits per heavy atom. The van der Waals surface area contributed by atoms with Crippen molar-refractivity contribution in [1.82, 2.24) is 0 Å². The van der Waals surface area contributed by atoms with Gasteiger partial charge in [-0.1, -0.05) is 37.6 Å². The summed E-state index contributed by atoms with van der Waals surface area (Å²) in [4.78, 5) is 12.8. The molecule has 2 bridgehead atoms. The predicted octanol–water partition coefficient (Wildman–Crippen LogP) is 2.52. The largest absolute Gasteiger partial charge is 0.390 e. The second-order valence-electron chi connectivity index (χ2n) is 7.95. The quantitative estimate of drug-likeness (QED) is 0.599. The van der Waals surface area contributed by atoms with Crippen LogP contribution in [0.25, 0.3) is 0 Å². The number of allylic oxidation sites excluding steroid dienone is 1. The van der Waals surface area contributed by atoms with E-state index < -0.39 is 23.2 Å². The minimum atomic E-state index is -1.74. The molecule has 0 unspecified atom stereocenters. The highest BCUT2D eigenvalue weighted by Gasteiger charge is 2.59. The molecule has 4 atom stereocenters. The lowest BCUT2D eigenvalue weighted by Gasteiger charge is -2.53. The Labute approximate surface area is 138 Å². The van der Waals surface area contributed by atoms with Gasteiger partial charge in [0.25, 0.3) is 0 Å². The zero-order chi connectivity index (χ0) is 17.4. The van der Waals surface area contributed by atoms with Crippen molar-refractivity contribution in [1.29, 1.82) is 0 Å². The van der Waals surface area contributed by atoms with Gasteiger partial charge in [0.05, 0.1) is 12.2 Å². The first-order chi connectivity index (χ1) is 10.6. The van der Waals surface area contributed by atoms with E-state index in [-0.39, 0.29) is 18.1 Å². The van der Waals surface area contributed by atoms with Gasteiger partial charge in [-0.25, -0.2) is 0 Å². The average Bonchev–Trinajstić information content (AvgIpc) is 2.42. The molecule has 3 N–H and O–H groups in total. The van der Waals surface area contributed by atoms with E-state index in [0.717, 1.165) is 30.4 Å². The van der Waals surface area contributed by atoms with E-state index in [1.54, 1.807) is 13.0 Å². The molecule has 0 aliphatic heterocycles. The Morgan fingerprint density at radius 3 is 2.52 bits per heavy atom. The number of aliphatic hydroxyl groups is 3. The van der Waals surface area contributed by atoms with Crippen LogP contribution in [0.3, 0.4) is 0 Å². The maximum atomic E-state index is 12.8. The Hall–Kier alpha value is -0.970. The van der Waals surface area contributed by atoms with Crippen molar-refractivity contribution >= 4 is 5.78 Å². The number of rotatable bonds is 0. The van der Waals surface area contributed by atoms with Crippen LogP contribution in [-0.4, -0.2) is 38.9 Å². The van der Waals surface area contributed by atoms with E-state index in [1.807, 2.05) is 13.8 Å². The molecule has 1 saturated carbocycles. The number of hydrogen-bond donors (Lipinski definition) is 3. The van der Waals surface area contributed by atoms with Gasteiger partial charge in [-0.15, -0.1) is 0 Å². The molecule has 2 aliphatic rings. The van der Waals surface area contributed by atoms with Crippen LogP contribution in [0.1, 0.15) is 59.3 Å². The molecular weight excluding hydrogens is 292 g/mol. The number of ketones is 1. The van der Waals surface area contributed by atoms with Gasteiger partial charge in [0.1, 0.15) is 0 Å². The molecule has 23 heavy (non-hydrogen) atoms. The fraction of sp³-hybridized carbons (Fsp3) is 0.737. The highest BCUT2D eigenvalue weighted by atomic mass is 16.4. The zero-order valence-electron chi connectivity index (χ0n) is 14.5. The Kier molecular flexibility index (Phi) is 5.19. The fourth-order valence-corrected chi connectivity index (χ4v) is 4.33. The predicted molar refractivity (Wildman–Crippen MR) is 89.8 cm³/mol. The van der Waals surface area contributed by atoms with Crippen LogP contribution in [-0.2, 0) is 4.79 Å². The van der Waals surface area contributed by atoms with Gasteiger partial charge in [-0.05, 0) is 44.9 Å². The van der Waals surface area contributed by atoms with Crippen molar-refractivity contribution in [3.8, 4) is 0 Å². The van der Waals surface area contributed by atoms with E-state index >= 15 is 0 Å². The van der Waals surface area contributed by atoms with Gasteiger partial charge in [0, 0.05) is 11.8 Å². The minimum Gasteiger partial charge on any atom is -0.390 e. The molecule has 4 heteroatoms. The molecule has 0 amide bonds. The van der Waals surface area contributed by atoms with Gasteiger partial charge in [-0.3, -0.25) is 4.79 Å². The lowest BCUT2D eigenvalue weighted by molar-refractivity contribution is -0.198. The third-order valence-corrected chi connectivity index (χ3v) is 5.96. The molecule has 1 fully saturated rings. The first-order valence-corrected chi connectivity index (χ1v) is 8.54. The van der Waals surface area contributed by atoms with Crippen molar-refractivity contribution in [3.63, 3.8) is 0 Å². The SMILES string of the molecule is C=C1CC[C@@H]2CC[C@@H](O)[C@@](O)(C(=O)CC(C)=C[C@@H](O)C1)C2(C)C. The normalized spacial score (nSPS) is 39.2. The molecular formula is C19H30O4.